The maximum Gasteiger partial charge on any atom is 0.345 e. The summed E-state index contributed by atoms with van der Waals surface area (Å²) in [5.41, 5.74) is 3.05. The highest BCUT2D eigenvalue weighted by Gasteiger charge is 2.16. The van der Waals surface area contributed by atoms with E-state index in [1.165, 1.54) is 4.90 Å². The van der Waals surface area contributed by atoms with Crippen LogP contribution in [0.4, 0.5) is 10.5 Å². The number of hydrogen-bond acceptors (Lipinski definition) is 4. The number of urea groups is 1. The van der Waals surface area contributed by atoms with Gasteiger partial charge < -0.3 is 0 Å². The summed E-state index contributed by atoms with van der Waals surface area (Å²) in [7, 11) is -3.99. The Labute approximate surface area is 117 Å². The van der Waals surface area contributed by atoms with Crippen molar-refractivity contribution in [3.63, 3.8) is 0 Å². The first-order valence-corrected chi connectivity index (χ1v) is 7.68. The second-order valence-electron chi connectivity index (χ2n) is 4.35. The van der Waals surface area contributed by atoms with Gasteiger partial charge >= 0.3 is 6.03 Å². The van der Waals surface area contributed by atoms with Gasteiger partial charge in [0.25, 0.3) is 10.1 Å². The fourth-order valence-electron chi connectivity index (χ4n) is 1.81. The Balaban J connectivity index is 2.72. The van der Waals surface area contributed by atoms with Crippen molar-refractivity contribution in [2.75, 3.05) is 17.2 Å². The molecule has 0 spiro atoms. The van der Waals surface area contributed by atoms with Crippen molar-refractivity contribution in [1.29, 1.82) is 0 Å². The second-order valence-corrected chi connectivity index (χ2v) is 5.92. The van der Waals surface area contributed by atoms with E-state index in [0.29, 0.717) is 12.1 Å². The van der Waals surface area contributed by atoms with Crippen molar-refractivity contribution < 1.29 is 23.0 Å². The fourth-order valence-corrected chi connectivity index (χ4v) is 2.38. The van der Waals surface area contributed by atoms with E-state index in [0.717, 1.165) is 5.56 Å². The van der Waals surface area contributed by atoms with Gasteiger partial charge in [0.15, 0.2) is 0 Å². The van der Waals surface area contributed by atoms with Gasteiger partial charge in [-0.05, 0) is 31.4 Å². The maximum absolute atomic E-state index is 11.7. The molecule has 0 bridgehead atoms. The van der Waals surface area contributed by atoms with Gasteiger partial charge in [-0.3, -0.25) is 14.7 Å². The molecule has 1 aromatic carbocycles. The molecule has 7 nitrogen and oxygen atoms in total. The molecule has 1 rings (SSSR count). The molecule has 0 fully saturated rings. The van der Waals surface area contributed by atoms with Gasteiger partial charge in [-0.15, -0.1) is 0 Å². The Bertz CT molecular complexity index is 559. The number of benzene rings is 1. The van der Waals surface area contributed by atoms with Crippen LogP contribution in [0.15, 0.2) is 24.3 Å². The summed E-state index contributed by atoms with van der Waals surface area (Å²) in [6.45, 7) is 2.05. The number of anilines is 1. The number of rotatable bonds is 6. The van der Waals surface area contributed by atoms with Crippen molar-refractivity contribution in [3.8, 4) is 0 Å². The average Bonchev–Trinajstić information content (AvgIpc) is 2.38. The van der Waals surface area contributed by atoms with Gasteiger partial charge in [0.05, 0.1) is 5.75 Å². The SMILES string of the molecule is Cc1ccccc1N(CCCCS(=O)(=O)O)C(=O)NO. The molecular weight excluding hydrogens is 284 g/mol. The smallest absolute Gasteiger partial charge is 0.292 e. The van der Waals surface area contributed by atoms with Crippen LogP contribution in [-0.2, 0) is 10.1 Å². The van der Waals surface area contributed by atoms with Crippen molar-refractivity contribution in [2.24, 2.45) is 0 Å². The van der Waals surface area contributed by atoms with Crippen LogP contribution in [0, 0.1) is 6.92 Å². The van der Waals surface area contributed by atoms with Crippen molar-refractivity contribution in [1.82, 2.24) is 5.48 Å². The highest BCUT2D eigenvalue weighted by atomic mass is 32.2. The monoisotopic (exact) mass is 302 g/mol. The lowest BCUT2D eigenvalue weighted by molar-refractivity contribution is 0.166. The molecule has 8 heteroatoms. The molecule has 0 saturated carbocycles. The molecule has 0 unspecified atom stereocenters. The van der Waals surface area contributed by atoms with Crippen molar-refractivity contribution >= 4 is 21.8 Å². The number of aryl methyl sites for hydroxylation is 1. The van der Waals surface area contributed by atoms with Crippen LogP contribution >= 0.6 is 0 Å². The first kappa shape index (κ1) is 16.4. The molecule has 20 heavy (non-hydrogen) atoms. The van der Waals surface area contributed by atoms with Crippen molar-refractivity contribution in [3.05, 3.63) is 29.8 Å². The van der Waals surface area contributed by atoms with E-state index in [4.69, 9.17) is 9.76 Å². The van der Waals surface area contributed by atoms with Crippen LogP contribution in [0.25, 0.3) is 0 Å². The van der Waals surface area contributed by atoms with Crippen LogP contribution in [0.3, 0.4) is 0 Å². The van der Waals surface area contributed by atoms with E-state index in [-0.39, 0.29) is 18.7 Å². The lowest BCUT2D eigenvalue weighted by Crippen LogP contribution is -2.39. The zero-order valence-corrected chi connectivity index (χ0v) is 11.9. The minimum atomic E-state index is -3.99. The minimum Gasteiger partial charge on any atom is -0.292 e. The molecule has 0 aliphatic carbocycles. The van der Waals surface area contributed by atoms with Gasteiger partial charge in [0.2, 0.25) is 0 Å². The Kier molecular flexibility index (Phi) is 5.93. The number of unbranched alkanes of at least 4 members (excludes halogenated alkanes) is 1. The zero-order valence-electron chi connectivity index (χ0n) is 11.1. The van der Waals surface area contributed by atoms with Crippen LogP contribution in [-0.4, -0.2) is 36.5 Å². The highest BCUT2D eigenvalue weighted by molar-refractivity contribution is 7.85. The summed E-state index contributed by atoms with van der Waals surface area (Å²) in [4.78, 5) is 13.0. The lowest BCUT2D eigenvalue weighted by atomic mass is 10.1. The van der Waals surface area contributed by atoms with Crippen LogP contribution in [0.2, 0.25) is 0 Å². The fraction of sp³-hybridized carbons (Fsp3) is 0.417. The van der Waals surface area contributed by atoms with Gasteiger partial charge in [0, 0.05) is 12.2 Å². The normalized spacial score (nSPS) is 11.2. The number of para-hydroxylation sites is 1. The van der Waals surface area contributed by atoms with Gasteiger partial charge in [-0.2, -0.15) is 8.42 Å². The third-order valence-electron chi connectivity index (χ3n) is 2.78. The number of nitrogens with zero attached hydrogens (tertiary/aromatic N) is 1. The predicted octanol–water partition coefficient (Wildman–Crippen LogP) is 1.57. The van der Waals surface area contributed by atoms with Crippen LogP contribution in [0.5, 0.6) is 0 Å². The van der Waals surface area contributed by atoms with E-state index in [2.05, 4.69) is 0 Å². The summed E-state index contributed by atoms with van der Waals surface area (Å²) in [6.07, 6.45) is 0.599. The van der Waals surface area contributed by atoms with E-state index in [1.54, 1.807) is 17.6 Å². The Morgan fingerprint density at radius 1 is 1.30 bits per heavy atom. The highest BCUT2D eigenvalue weighted by Crippen LogP contribution is 2.20. The van der Waals surface area contributed by atoms with E-state index < -0.39 is 16.1 Å². The van der Waals surface area contributed by atoms with Gasteiger partial charge in [-0.25, -0.2) is 10.3 Å². The first-order chi connectivity index (χ1) is 9.35. The summed E-state index contributed by atoms with van der Waals surface area (Å²) in [5.74, 6) is -0.352. The number of hydroxylamine groups is 1. The number of carbonyl (C=O) groups is 1. The minimum absolute atomic E-state index is 0.222. The van der Waals surface area contributed by atoms with Crippen LogP contribution < -0.4 is 10.4 Å². The lowest BCUT2D eigenvalue weighted by Gasteiger charge is -2.23. The summed E-state index contributed by atoms with van der Waals surface area (Å²) < 4.78 is 29.9. The molecule has 3 N–H and O–H groups in total. The van der Waals surface area contributed by atoms with E-state index in [9.17, 15) is 13.2 Å². The maximum atomic E-state index is 11.7. The molecule has 0 atom stereocenters. The molecule has 0 heterocycles. The predicted molar refractivity (Wildman–Crippen MR) is 74.5 cm³/mol. The van der Waals surface area contributed by atoms with Crippen molar-refractivity contribution in [2.45, 2.75) is 19.8 Å². The van der Waals surface area contributed by atoms with E-state index >= 15 is 0 Å². The quantitative estimate of drug-likeness (QED) is 0.320. The topological polar surface area (TPSA) is 107 Å². The molecule has 0 aromatic heterocycles. The zero-order chi connectivity index (χ0) is 15.2. The first-order valence-electron chi connectivity index (χ1n) is 6.07. The van der Waals surface area contributed by atoms with E-state index in [1.807, 2.05) is 19.1 Å². The third-order valence-corrected chi connectivity index (χ3v) is 3.59. The molecule has 112 valence electrons. The molecule has 0 radical (unpaired) electrons. The average molecular weight is 302 g/mol. The van der Waals surface area contributed by atoms with Crippen LogP contribution in [0.1, 0.15) is 18.4 Å². The number of carbonyl (C=O) groups excluding carboxylic acids is 1. The Morgan fingerprint density at radius 2 is 1.95 bits per heavy atom. The summed E-state index contributed by atoms with van der Waals surface area (Å²) >= 11 is 0. The Hall–Kier alpha value is -1.64. The summed E-state index contributed by atoms with van der Waals surface area (Å²) in [5, 5.41) is 8.77. The molecule has 0 aliphatic rings. The number of amides is 2. The second kappa shape index (κ2) is 7.22. The van der Waals surface area contributed by atoms with Gasteiger partial charge in [0.1, 0.15) is 0 Å². The molecular formula is C12H18N2O5S. The third kappa shape index (κ3) is 5.16. The summed E-state index contributed by atoms with van der Waals surface area (Å²) in [6, 6.07) is 6.45. The molecule has 0 aliphatic heterocycles. The number of hydrogen-bond donors (Lipinski definition) is 3. The molecule has 1 aromatic rings. The number of nitrogens with one attached hydrogen (secondary N) is 1. The Morgan fingerprint density at radius 3 is 2.50 bits per heavy atom. The standard InChI is InChI=1S/C12H18N2O5S/c1-10-6-2-3-7-11(10)14(12(15)13-16)8-4-5-9-20(17,18)19/h2-3,6-7,16H,4-5,8-9H2,1H3,(H,13,15)(H,17,18,19). The molecule has 0 saturated heterocycles. The largest absolute Gasteiger partial charge is 0.345 e. The van der Waals surface area contributed by atoms with Gasteiger partial charge in [-0.1, -0.05) is 18.2 Å². The molecule has 2 amide bonds.